The van der Waals surface area contributed by atoms with Gasteiger partial charge in [0.1, 0.15) is 0 Å². The van der Waals surface area contributed by atoms with Crippen molar-refractivity contribution in [1.29, 1.82) is 0 Å². The lowest BCUT2D eigenvalue weighted by atomic mass is 9.91. The molecule has 0 bridgehead atoms. The van der Waals surface area contributed by atoms with Gasteiger partial charge in [0.25, 0.3) is 0 Å². The van der Waals surface area contributed by atoms with Crippen molar-refractivity contribution in [3.05, 3.63) is 169 Å². The minimum atomic E-state index is -1.58. The molecule has 4 heteroatoms. The highest BCUT2D eigenvalue weighted by atomic mass is 28.3. The second-order valence-electron chi connectivity index (χ2n) is 13.4. The molecule has 0 heterocycles. The van der Waals surface area contributed by atoms with Crippen LogP contribution in [0.25, 0.3) is 37.2 Å². The van der Waals surface area contributed by atoms with Gasteiger partial charge in [-0.15, -0.1) is 0 Å². The summed E-state index contributed by atoms with van der Waals surface area (Å²) in [6.45, 7) is 14.7. The SMILES string of the molecule is [C-]#[N+]c1ccc(N(c2cccc([Si](C)(C)C)c2)c2ccc3ccc4c(N(c5ccccc5)c5ccccc5)ccc5ccc2c3c54)cc1. The third-order valence-corrected chi connectivity index (χ3v) is 11.4. The summed E-state index contributed by atoms with van der Waals surface area (Å²) in [5.41, 5.74) is 7.30. The Morgan fingerprint density at radius 2 is 0.917 bits per heavy atom. The first-order valence-corrected chi connectivity index (χ1v) is 19.9. The first-order valence-electron chi connectivity index (χ1n) is 16.4. The molecule has 0 aliphatic heterocycles. The minimum absolute atomic E-state index is 0.638. The van der Waals surface area contributed by atoms with Crippen molar-refractivity contribution < 1.29 is 0 Å². The van der Waals surface area contributed by atoms with Gasteiger partial charge in [-0.25, -0.2) is 4.85 Å². The Kier molecular flexibility index (Phi) is 7.21. The molecule has 0 aliphatic rings. The molecule has 0 atom stereocenters. The van der Waals surface area contributed by atoms with Gasteiger partial charge in [0.15, 0.2) is 5.69 Å². The number of nitrogens with zero attached hydrogens (tertiary/aromatic N) is 3. The van der Waals surface area contributed by atoms with E-state index in [0.29, 0.717) is 5.69 Å². The van der Waals surface area contributed by atoms with E-state index >= 15 is 0 Å². The molecule has 0 saturated carbocycles. The second-order valence-corrected chi connectivity index (χ2v) is 18.4. The van der Waals surface area contributed by atoms with Gasteiger partial charge < -0.3 is 9.80 Å². The van der Waals surface area contributed by atoms with Crippen molar-refractivity contribution >= 4 is 85.4 Å². The zero-order valence-corrected chi connectivity index (χ0v) is 28.4. The van der Waals surface area contributed by atoms with E-state index < -0.39 is 8.07 Å². The molecule has 0 radical (unpaired) electrons. The Balaban J connectivity index is 1.40. The fourth-order valence-corrected chi connectivity index (χ4v) is 8.13. The number of hydrogen-bond donors (Lipinski definition) is 0. The molecule has 48 heavy (non-hydrogen) atoms. The van der Waals surface area contributed by atoms with Crippen molar-refractivity contribution in [3.8, 4) is 0 Å². The predicted molar refractivity (Wildman–Crippen MR) is 209 cm³/mol. The second kappa shape index (κ2) is 11.7. The van der Waals surface area contributed by atoms with E-state index in [-0.39, 0.29) is 0 Å². The Hall–Kier alpha value is -5.89. The van der Waals surface area contributed by atoms with Crippen LogP contribution in [0.2, 0.25) is 19.6 Å². The van der Waals surface area contributed by atoms with E-state index in [1.807, 2.05) is 12.1 Å². The molecule has 0 N–H and O–H groups in total. The zero-order chi connectivity index (χ0) is 32.8. The van der Waals surface area contributed by atoms with Crippen LogP contribution in [0.5, 0.6) is 0 Å². The maximum Gasteiger partial charge on any atom is 0.187 e. The Labute approximate surface area is 283 Å². The van der Waals surface area contributed by atoms with E-state index in [0.717, 1.165) is 34.1 Å². The summed E-state index contributed by atoms with van der Waals surface area (Å²) in [6.07, 6.45) is 0. The van der Waals surface area contributed by atoms with Crippen LogP contribution in [-0.2, 0) is 0 Å². The van der Waals surface area contributed by atoms with Gasteiger partial charge >= 0.3 is 0 Å². The van der Waals surface area contributed by atoms with Crippen LogP contribution < -0.4 is 15.0 Å². The van der Waals surface area contributed by atoms with E-state index in [1.54, 1.807) is 0 Å². The third-order valence-electron chi connectivity index (χ3n) is 9.34. The summed E-state index contributed by atoms with van der Waals surface area (Å²) >= 11 is 0. The van der Waals surface area contributed by atoms with Gasteiger partial charge in [0.05, 0.1) is 26.0 Å². The summed E-state index contributed by atoms with van der Waals surface area (Å²) < 4.78 is 0. The van der Waals surface area contributed by atoms with Crippen LogP contribution >= 0.6 is 0 Å². The molecule has 0 aliphatic carbocycles. The Bertz CT molecular complexity index is 2400. The molecule has 0 spiro atoms. The molecule has 3 nitrogen and oxygen atoms in total. The number of para-hydroxylation sites is 2. The molecule has 8 aromatic carbocycles. The maximum atomic E-state index is 7.54. The summed E-state index contributed by atoms with van der Waals surface area (Å²) in [7, 11) is -1.58. The van der Waals surface area contributed by atoms with Crippen LogP contribution in [0, 0.1) is 6.57 Å². The summed E-state index contributed by atoms with van der Waals surface area (Å²) in [5, 5.41) is 8.78. The van der Waals surface area contributed by atoms with Crippen LogP contribution in [0.4, 0.5) is 39.8 Å². The number of benzene rings is 8. The number of rotatable bonds is 7. The van der Waals surface area contributed by atoms with Gasteiger partial charge in [-0.1, -0.05) is 122 Å². The summed E-state index contributed by atoms with van der Waals surface area (Å²) in [6, 6.07) is 56.4. The van der Waals surface area contributed by atoms with Crippen molar-refractivity contribution in [1.82, 2.24) is 0 Å². The van der Waals surface area contributed by atoms with Crippen LogP contribution in [-0.4, -0.2) is 8.07 Å². The molecule has 8 rings (SSSR count). The van der Waals surface area contributed by atoms with Crippen LogP contribution in [0.1, 0.15) is 0 Å². The highest BCUT2D eigenvalue weighted by Gasteiger charge is 2.23. The monoisotopic (exact) mass is 633 g/mol. The molecule has 0 unspecified atom stereocenters. The van der Waals surface area contributed by atoms with Gasteiger partial charge in [-0.2, -0.15) is 0 Å². The standard InChI is InChI=1S/C44H35N3Si/c1-45-33-22-24-36(25-23-33)47(37-16-11-17-38(30-37)48(2,3)4)42-29-21-32-18-26-39-41(28-20-31-19-27-40(42)44(32)43(31)39)46(34-12-7-5-8-13-34)35-14-9-6-10-15-35/h5-30H,2-4H3. The fraction of sp³-hybridized carbons (Fsp3) is 0.0682. The van der Waals surface area contributed by atoms with Gasteiger partial charge in [-0.05, 0) is 82.2 Å². The summed E-state index contributed by atoms with van der Waals surface area (Å²) in [5.74, 6) is 0. The lowest BCUT2D eigenvalue weighted by Gasteiger charge is -2.30. The van der Waals surface area contributed by atoms with Crippen LogP contribution in [0.3, 0.4) is 0 Å². The lowest BCUT2D eigenvalue weighted by molar-refractivity contribution is 1.30. The molecule has 8 aromatic rings. The van der Waals surface area contributed by atoms with Crippen molar-refractivity contribution in [3.63, 3.8) is 0 Å². The Morgan fingerprint density at radius 3 is 1.42 bits per heavy atom. The molecule has 230 valence electrons. The largest absolute Gasteiger partial charge is 0.310 e. The molecule has 0 fully saturated rings. The molecule has 0 aromatic heterocycles. The minimum Gasteiger partial charge on any atom is -0.310 e. The van der Waals surface area contributed by atoms with Crippen molar-refractivity contribution in [2.75, 3.05) is 9.80 Å². The lowest BCUT2D eigenvalue weighted by Crippen LogP contribution is -2.37. The van der Waals surface area contributed by atoms with E-state index in [1.165, 1.54) is 37.5 Å². The quantitative estimate of drug-likeness (QED) is 0.0982. The maximum absolute atomic E-state index is 7.54. The van der Waals surface area contributed by atoms with E-state index in [4.69, 9.17) is 6.57 Å². The predicted octanol–water partition coefficient (Wildman–Crippen LogP) is 12.6. The van der Waals surface area contributed by atoms with Gasteiger partial charge in [0, 0.05) is 33.5 Å². The highest BCUT2D eigenvalue weighted by molar-refractivity contribution is 6.88. The van der Waals surface area contributed by atoms with Crippen LogP contribution in [0.15, 0.2) is 158 Å². The first-order chi connectivity index (χ1) is 23.4. The first kappa shape index (κ1) is 29.5. The van der Waals surface area contributed by atoms with Crippen molar-refractivity contribution in [2.45, 2.75) is 19.6 Å². The zero-order valence-electron chi connectivity index (χ0n) is 27.4. The molecular formula is C44H35N3Si. The number of hydrogen-bond acceptors (Lipinski definition) is 2. The molecular weight excluding hydrogens is 599 g/mol. The summed E-state index contributed by atoms with van der Waals surface area (Å²) in [4.78, 5) is 8.39. The average Bonchev–Trinajstić information content (AvgIpc) is 3.13. The number of anilines is 6. The smallest absolute Gasteiger partial charge is 0.187 e. The Morgan fingerprint density at radius 1 is 0.458 bits per heavy atom. The molecule has 0 amide bonds. The normalized spacial score (nSPS) is 11.6. The topological polar surface area (TPSA) is 10.8 Å². The molecule has 0 saturated heterocycles. The highest BCUT2D eigenvalue weighted by Crippen LogP contribution is 2.47. The van der Waals surface area contributed by atoms with Gasteiger partial charge in [-0.3, -0.25) is 0 Å². The average molecular weight is 634 g/mol. The third kappa shape index (κ3) is 5.06. The van der Waals surface area contributed by atoms with Gasteiger partial charge in [0.2, 0.25) is 0 Å². The van der Waals surface area contributed by atoms with E-state index in [2.05, 4.69) is 180 Å². The van der Waals surface area contributed by atoms with E-state index in [9.17, 15) is 0 Å². The van der Waals surface area contributed by atoms with Crippen molar-refractivity contribution in [2.24, 2.45) is 0 Å². The fourth-order valence-electron chi connectivity index (χ4n) is 6.96.